The number of nitrogens with one attached hydrogen (secondary N) is 1. The van der Waals surface area contributed by atoms with Gasteiger partial charge in [-0.15, -0.1) is 11.3 Å². The fourth-order valence-corrected chi connectivity index (χ4v) is 3.87. The molecule has 2 aromatic rings. The van der Waals surface area contributed by atoms with Crippen LogP contribution in [0.3, 0.4) is 0 Å². The summed E-state index contributed by atoms with van der Waals surface area (Å²) in [4.78, 5) is 21.8. The number of hydrogen-bond donors (Lipinski definition) is 1. The van der Waals surface area contributed by atoms with E-state index in [1.165, 1.54) is 0 Å². The van der Waals surface area contributed by atoms with Crippen LogP contribution in [0.4, 0.5) is 29.1 Å². The van der Waals surface area contributed by atoms with Crippen molar-refractivity contribution in [2.45, 2.75) is 53.4 Å². The van der Waals surface area contributed by atoms with Crippen LogP contribution in [0.1, 0.15) is 48.3 Å². The number of carbonyl (C=O) groups is 1. The summed E-state index contributed by atoms with van der Waals surface area (Å²) in [6.45, 7) is 7.67. The third-order valence-electron chi connectivity index (χ3n) is 4.13. The zero-order chi connectivity index (χ0) is 20.9. The van der Waals surface area contributed by atoms with Gasteiger partial charge in [-0.25, -0.2) is 9.97 Å². The molecule has 0 spiro atoms. The molecule has 0 saturated carbocycles. The number of anilines is 2. The number of aromatic nitrogens is 2. The summed E-state index contributed by atoms with van der Waals surface area (Å²) in [5.41, 5.74) is 0.602. The molecule has 0 saturated heterocycles. The lowest BCUT2D eigenvalue weighted by atomic mass is 9.92. The monoisotopic (exact) mass is 416 g/mol. The maximum atomic E-state index is 14.5. The van der Waals surface area contributed by atoms with Crippen LogP contribution in [0.2, 0.25) is 0 Å². The van der Waals surface area contributed by atoms with E-state index in [-0.39, 0.29) is 36.5 Å². The molecule has 1 amide bonds. The van der Waals surface area contributed by atoms with Crippen LogP contribution in [0.25, 0.3) is 0 Å². The zero-order valence-electron chi connectivity index (χ0n) is 15.9. The second kappa shape index (κ2) is 6.98. The van der Waals surface area contributed by atoms with E-state index in [4.69, 9.17) is 0 Å². The Morgan fingerprint density at radius 1 is 1.25 bits per heavy atom. The van der Waals surface area contributed by atoms with E-state index < -0.39 is 17.1 Å². The number of alkyl halides is 3. The summed E-state index contributed by atoms with van der Waals surface area (Å²) in [6, 6.07) is 1.61. The molecule has 3 heterocycles. The first-order chi connectivity index (χ1) is 12.8. The highest BCUT2D eigenvalue weighted by atomic mass is 32.1. The highest BCUT2D eigenvalue weighted by Crippen LogP contribution is 2.39. The SMILES string of the molecule is Cc1cc(N2Cc3nc(C(F)(F)F)sc3C2)nc(F)c1NC(=O)CC(C)(C)C. The molecule has 0 fully saturated rings. The smallest absolute Gasteiger partial charge is 0.345 e. The van der Waals surface area contributed by atoms with Gasteiger partial charge in [0.1, 0.15) is 5.82 Å². The van der Waals surface area contributed by atoms with Crippen LogP contribution >= 0.6 is 11.3 Å². The number of thiazole rings is 1. The van der Waals surface area contributed by atoms with Gasteiger partial charge in [0.25, 0.3) is 0 Å². The average molecular weight is 416 g/mol. The summed E-state index contributed by atoms with van der Waals surface area (Å²) < 4.78 is 52.8. The van der Waals surface area contributed by atoms with Gasteiger partial charge in [-0.1, -0.05) is 20.8 Å². The number of nitrogens with zero attached hydrogens (tertiary/aromatic N) is 3. The first kappa shape index (κ1) is 20.5. The zero-order valence-corrected chi connectivity index (χ0v) is 16.7. The number of amides is 1. The van der Waals surface area contributed by atoms with Crippen molar-refractivity contribution in [2.75, 3.05) is 10.2 Å². The minimum absolute atomic E-state index is 0.0180. The highest BCUT2D eigenvalue weighted by molar-refractivity contribution is 7.11. The van der Waals surface area contributed by atoms with Crippen molar-refractivity contribution in [3.63, 3.8) is 0 Å². The molecule has 0 radical (unpaired) electrons. The quantitative estimate of drug-likeness (QED) is 0.571. The number of halogens is 4. The Hall–Kier alpha value is -2.23. The number of pyridine rings is 1. The fourth-order valence-electron chi connectivity index (χ4n) is 2.92. The molecule has 10 heteroatoms. The molecule has 0 aromatic carbocycles. The number of aryl methyl sites for hydroxylation is 1. The van der Waals surface area contributed by atoms with Gasteiger partial charge >= 0.3 is 6.18 Å². The molecule has 1 aliphatic rings. The summed E-state index contributed by atoms with van der Waals surface area (Å²) in [6.07, 6.45) is -4.24. The van der Waals surface area contributed by atoms with Crippen molar-refractivity contribution < 1.29 is 22.4 Å². The Morgan fingerprint density at radius 2 is 1.93 bits per heavy atom. The number of carbonyl (C=O) groups excluding carboxylic acids is 1. The predicted molar refractivity (Wildman–Crippen MR) is 98.6 cm³/mol. The average Bonchev–Trinajstić information content (AvgIpc) is 3.07. The number of fused-ring (bicyclic) bond motifs is 1. The first-order valence-corrected chi connectivity index (χ1v) is 9.43. The molecule has 152 valence electrons. The van der Waals surface area contributed by atoms with Crippen molar-refractivity contribution in [2.24, 2.45) is 5.41 Å². The topological polar surface area (TPSA) is 58.1 Å². The van der Waals surface area contributed by atoms with E-state index in [9.17, 15) is 22.4 Å². The van der Waals surface area contributed by atoms with Gasteiger partial charge in [-0.2, -0.15) is 17.6 Å². The minimum Gasteiger partial charge on any atom is -0.345 e. The first-order valence-electron chi connectivity index (χ1n) is 8.61. The lowest BCUT2D eigenvalue weighted by Crippen LogP contribution is -2.22. The van der Waals surface area contributed by atoms with Crippen LogP contribution in [-0.4, -0.2) is 15.9 Å². The molecule has 1 aliphatic heterocycles. The van der Waals surface area contributed by atoms with Crippen LogP contribution in [0, 0.1) is 18.3 Å². The molecule has 0 aliphatic carbocycles. The van der Waals surface area contributed by atoms with Crippen LogP contribution in [0.15, 0.2) is 6.07 Å². The maximum Gasteiger partial charge on any atom is 0.443 e. The normalized spacial score (nSPS) is 14.4. The molecule has 28 heavy (non-hydrogen) atoms. The molecule has 3 rings (SSSR count). The van der Waals surface area contributed by atoms with Crippen LogP contribution in [0.5, 0.6) is 0 Å². The maximum absolute atomic E-state index is 14.5. The second-order valence-corrected chi connectivity index (χ2v) is 9.08. The van der Waals surface area contributed by atoms with Gasteiger partial charge in [0.2, 0.25) is 11.9 Å². The molecule has 0 unspecified atom stereocenters. The highest BCUT2D eigenvalue weighted by Gasteiger charge is 2.38. The number of hydrogen-bond acceptors (Lipinski definition) is 5. The summed E-state index contributed by atoms with van der Waals surface area (Å²) in [5.74, 6) is -0.838. The molecule has 0 bridgehead atoms. The van der Waals surface area contributed by atoms with E-state index in [1.54, 1.807) is 17.9 Å². The third kappa shape index (κ3) is 4.43. The Labute approximate surface area is 163 Å². The molecular formula is C18H20F4N4OS. The van der Waals surface area contributed by atoms with Gasteiger partial charge in [-0.05, 0) is 24.0 Å². The largest absolute Gasteiger partial charge is 0.443 e. The fraction of sp³-hybridized carbons (Fsp3) is 0.500. The van der Waals surface area contributed by atoms with E-state index >= 15 is 0 Å². The summed E-state index contributed by atoms with van der Waals surface area (Å²) in [5, 5.41) is 1.69. The predicted octanol–water partition coefficient (Wildman–Crippen LogP) is 4.90. The van der Waals surface area contributed by atoms with Gasteiger partial charge < -0.3 is 10.2 Å². The third-order valence-corrected chi connectivity index (χ3v) is 5.26. The standard InChI is InChI=1S/C18H20F4N4OS/c1-9-5-12(24-15(19)14(9)25-13(27)6-17(2,3)4)26-7-10-11(8-26)28-16(23-10)18(20,21)22/h5H,6-8H2,1-4H3,(H,25,27). The Bertz CT molecular complexity index is 871. The van der Waals surface area contributed by atoms with Crippen molar-refractivity contribution in [3.05, 3.63) is 33.2 Å². The lowest BCUT2D eigenvalue weighted by Gasteiger charge is -2.20. The van der Waals surface area contributed by atoms with Crippen LogP contribution in [-0.2, 0) is 24.1 Å². The molecule has 2 aromatic heterocycles. The van der Waals surface area contributed by atoms with Gasteiger partial charge in [-0.3, -0.25) is 4.79 Å². The molecule has 1 N–H and O–H groups in total. The molecule has 5 nitrogen and oxygen atoms in total. The van der Waals surface area contributed by atoms with Crippen LogP contribution < -0.4 is 10.2 Å². The van der Waals surface area contributed by atoms with Crippen molar-refractivity contribution in [1.29, 1.82) is 0 Å². The minimum atomic E-state index is -4.46. The van der Waals surface area contributed by atoms with Crippen molar-refractivity contribution in [3.8, 4) is 0 Å². The van der Waals surface area contributed by atoms with Gasteiger partial charge in [0.15, 0.2) is 5.01 Å². The van der Waals surface area contributed by atoms with Crippen molar-refractivity contribution in [1.82, 2.24) is 9.97 Å². The van der Waals surface area contributed by atoms with E-state index in [2.05, 4.69) is 15.3 Å². The lowest BCUT2D eigenvalue weighted by molar-refractivity contribution is -0.137. The van der Waals surface area contributed by atoms with E-state index in [0.29, 0.717) is 33.3 Å². The Kier molecular flexibility index (Phi) is 5.11. The number of rotatable bonds is 3. The summed E-state index contributed by atoms with van der Waals surface area (Å²) >= 11 is 0.596. The van der Waals surface area contributed by atoms with E-state index in [0.717, 1.165) is 0 Å². The van der Waals surface area contributed by atoms with Crippen molar-refractivity contribution >= 4 is 28.7 Å². The van der Waals surface area contributed by atoms with E-state index in [1.807, 2.05) is 20.8 Å². The van der Waals surface area contributed by atoms with Gasteiger partial charge in [0, 0.05) is 11.3 Å². The molecule has 0 atom stereocenters. The Balaban J connectivity index is 1.76. The molecular weight excluding hydrogens is 396 g/mol. The van der Waals surface area contributed by atoms with Gasteiger partial charge in [0.05, 0.1) is 24.5 Å². The summed E-state index contributed by atoms with van der Waals surface area (Å²) in [7, 11) is 0. The second-order valence-electron chi connectivity index (χ2n) is 7.99. The Morgan fingerprint density at radius 3 is 2.46 bits per heavy atom.